The molecule has 7 heteroatoms. The summed E-state index contributed by atoms with van der Waals surface area (Å²) in [6, 6.07) is 6.60. The van der Waals surface area contributed by atoms with Gasteiger partial charge in [0.15, 0.2) is 9.84 Å². The summed E-state index contributed by atoms with van der Waals surface area (Å²) >= 11 is 0. The lowest BCUT2D eigenvalue weighted by Crippen LogP contribution is -2.03. The van der Waals surface area contributed by atoms with Crippen molar-refractivity contribution in [3.05, 3.63) is 36.7 Å². The molecule has 0 unspecified atom stereocenters. The Kier molecular flexibility index (Phi) is 4.41. The second kappa shape index (κ2) is 6.06. The lowest BCUT2D eigenvalue weighted by atomic mass is 10.3. The molecule has 0 amide bonds. The highest BCUT2D eigenvalue weighted by Gasteiger charge is 2.06. The molecule has 0 aliphatic heterocycles. The minimum atomic E-state index is -3.16. The molecule has 1 aromatic heterocycles. The molecule has 6 nitrogen and oxygen atoms in total. The lowest BCUT2D eigenvalue weighted by molar-refractivity contribution is 0.183. The van der Waals surface area contributed by atoms with E-state index in [0.717, 1.165) is 11.4 Å². The van der Waals surface area contributed by atoms with Crippen LogP contribution in [0.25, 0.3) is 0 Å². The van der Waals surface area contributed by atoms with Crippen molar-refractivity contribution in [1.82, 2.24) is 9.78 Å². The van der Waals surface area contributed by atoms with E-state index in [2.05, 4.69) is 10.4 Å². The average Bonchev–Trinajstić information content (AvgIpc) is 2.83. The van der Waals surface area contributed by atoms with Gasteiger partial charge in [0.25, 0.3) is 0 Å². The average molecular weight is 295 g/mol. The molecule has 0 aliphatic carbocycles. The Morgan fingerprint density at radius 2 is 1.95 bits per heavy atom. The van der Waals surface area contributed by atoms with Gasteiger partial charge in [-0.05, 0) is 24.3 Å². The number of methoxy groups -OCH3 is 1. The number of hydrogen-bond donors (Lipinski definition) is 1. The number of sulfone groups is 1. The van der Waals surface area contributed by atoms with Crippen LogP contribution in [0, 0.1) is 0 Å². The highest BCUT2D eigenvalue weighted by molar-refractivity contribution is 7.90. The maximum Gasteiger partial charge on any atom is 0.175 e. The van der Waals surface area contributed by atoms with Crippen LogP contribution in [-0.4, -0.2) is 38.2 Å². The maximum absolute atomic E-state index is 11.4. The first-order chi connectivity index (χ1) is 9.49. The van der Waals surface area contributed by atoms with E-state index in [1.165, 1.54) is 6.26 Å². The maximum atomic E-state index is 11.4. The Labute approximate surface area is 118 Å². The van der Waals surface area contributed by atoms with Gasteiger partial charge in [0.05, 0.1) is 29.9 Å². The van der Waals surface area contributed by atoms with Gasteiger partial charge in [-0.3, -0.25) is 4.68 Å². The van der Waals surface area contributed by atoms with Crippen LogP contribution in [0.15, 0.2) is 41.6 Å². The predicted octanol–water partition coefficient (Wildman–Crippen LogP) is 1.68. The zero-order valence-electron chi connectivity index (χ0n) is 11.4. The van der Waals surface area contributed by atoms with Gasteiger partial charge in [0.1, 0.15) is 0 Å². The molecule has 1 N–H and O–H groups in total. The number of hydrogen-bond acceptors (Lipinski definition) is 5. The van der Waals surface area contributed by atoms with E-state index in [4.69, 9.17) is 4.74 Å². The van der Waals surface area contributed by atoms with Crippen molar-refractivity contribution < 1.29 is 13.2 Å². The third kappa shape index (κ3) is 3.82. The number of nitrogens with zero attached hydrogens (tertiary/aromatic N) is 2. The van der Waals surface area contributed by atoms with Gasteiger partial charge >= 0.3 is 0 Å². The Morgan fingerprint density at radius 1 is 1.25 bits per heavy atom. The van der Waals surface area contributed by atoms with Crippen LogP contribution in [0.1, 0.15) is 0 Å². The van der Waals surface area contributed by atoms with Gasteiger partial charge in [-0.25, -0.2) is 8.42 Å². The van der Waals surface area contributed by atoms with Gasteiger partial charge in [-0.2, -0.15) is 5.10 Å². The summed E-state index contributed by atoms with van der Waals surface area (Å²) in [5, 5.41) is 7.35. The first-order valence-corrected chi connectivity index (χ1v) is 7.97. The zero-order valence-corrected chi connectivity index (χ0v) is 12.2. The Morgan fingerprint density at radius 3 is 2.55 bits per heavy atom. The van der Waals surface area contributed by atoms with Gasteiger partial charge in [0.2, 0.25) is 0 Å². The number of nitrogens with one attached hydrogen (secondary N) is 1. The molecule has 0 fully saturated rings. The first kappa shape index (κ1) is 14.5. The summed E-state index contributed by atoms with van der Waals surface area (Å²) < 4.78 is 29.5. The van der Waals surface area contributed by atoms with Gasteiger partial charge in [0, 0.05) is 25.2 Å². The fourth-order valence-corrected chi connectivity index (χ4v) is 2.32. The topological polar surface area (TPSA) is 73.2 Å². The van der Waals surface area contributed by atoms with Crippen molar-refractivity contribution in [1.29, 1.82) is 0 Å². The molecule has 1 aromatic carbocycles. The molecule has 2 rings (SSSR count). The molecule has 2 aromatic rings. The molecule has 0 spiro atoms. The van der Waals surface area contributed by atoms with Crippen LogP contribution in [0.5, 0.6) is 0 Å². The number of aromatic nitrogens is 2. The third-order valence-corrected chi connectivity index (χ3v) is 3.86. The second-order valence-electron chi connectivity index (χ2n) is 4.41. The quantitative estimate of drug-likeness (QED) is 0.877. The highest BCUT2D eigenvalue weighted by Crippen LogP contribution is 2.18. The van der Waals surface area contributed by atoms with E-state index in [-0.39, 0.29) is 0 Å². The Bertz CT molecular complexity index is 662. The standard InChI is InChI=1S/C13H17N3O3S/c1-19-8-7-16-10-12(9-14-16)15-11-3-5-13(6-4-11)20(2,17)18/h3-6,9-10,15H,7-8H2,1-2H3. The molecule has 0 atom stereocenters. The molecular formula is C13H17N3O3S. The zero-order chi connectivity index (χ0) is 14.6. The van der Waals surface area contributed by atoms with Crippen molar-refractivity contribution in [3.63, 3.8) is 0 Å². The SMILES string of the molecule is COCCn1cc(Nc2ccc(S(C)(=O)=O)cc2)cn1. The molecule has 0 bridgehead atoms. The molecule has 108 valence electrons. The molecule has 0 saturated carbocycles. The van der Waals surface area contributed by atoms with Crippen LogP contribution in [-0.2, 0) is 21.1 Å². The molecule has 0 saturated heterocycles. The third-order valence-electron chi connectivity index (χ3n) is 2.73. The molecule has 0 radical (unpaired) electrons. The molecule has 0 aliphatic rings. The normalized spacial score (nSPS) is 11.5. The summed E-state index contributed by atoms with van der Waals surface area (Å²) in [5.41, 5.74) is 1.65. The first-order valence-electron chi connectivity index (χ1n) is 6.07. The number of anilines is 2. The Hall–Kier alpha value is -1.86. The minimum Gasteiger partial charge on any atom is -0.383 e. The fourth-order valence-electron chi connectivity index (χ4n) is 1.69. The number of rotatable bonds is 6. The largest absolute Gasteiger partial charge is 0.383 e. The molecular weight excluding hydrogens is 278 g/mol. The molecule has 1 heterocycles. The van der Waals surface area contributed by atoms with E-state index < -0.39 is 9.84 Å². The summed E-state index contributed by atoms with van der Waals surface area (Å²) in [7, 11) is -1.51. The van der Waals surface area contributed by atoms with Gasteiger partial charge < -0.3 is 10.1 Å². The van der Waals surface area contributed by atoms with Crippen molar-refractivity contribution in [3.8, 4) is 0 Å². The summed E-state index contributed by atoms with van der Waals surface area (Å²) in [6.07, 6.45) is 4.76. The number of ether oxygens (including phenoxy) is 1. The second-order valence-corrected chi connectivity index (χ2v) is 6.42. The van der Waals surface area contributed by atoms with Gasteiger partial charge in [-0.15, -0.1) is 0 Å². The van der Waals surface area contributed by atoms with E-state index in [0.29, 0.717) is 18.0 Å². The smallest absolute Gasteiger partial charge is 0.175 e. The minimum absolute atomic E-state index is 0.304. The summed E-state index contributed by atoms with van der Waals surface area (Å²) in [4.78, 5) is 0.304. The van der Waals surface area contributed by atoms with Crippen molar-refractivity contribution in [2.45, 2.75) is 11.4 Å². The predicted molar refractivity (Wildman–Crippen MR) is 76.9 cm³/mol. The van der Waals surface area contributed by atoms with E-state index >= 15 is 0 Å². The lowest BCUT2D eigenvalue weighted by Gasteiger charge is -2.04. The monoisotopic (exact) mass is 295 g/mol. The number of benzene rings is 1. The van der Waals surface area contributed by atoms with E-state index in [9.17, 15) is 8.42 Å². The van der Waals surface area contributed by atoms with Crippen molar-refractivity contribution in [2.75, 3.05) is 25.3 Å². The van der Waals surface area contributed by atoms with E-state index in [1.54, 1.807) is 42.3 Å². The highest BCUT2D eigenvalue weighted by atomic mass is 32.2. The van der Waals surface area contributed by atoms with Gasteiger partial charge in [-0.1, -0.05) is 0 Å². The van der Waals surface area contributed by atoms with Crippen LogP contribution in [0.3, 0.4) is 0 Å². The van der Waals surface area contributed by atoms with Crippen LogP contribution >= 0.6 is 0 Å². The van der Waals surface area contributed by atoms with Crippen molar-refractivity contribution in [2.24, 2.45) is 0 Å². The van der Waals surface area contributed by atoms with Crippen LogP contribution < -0.4 is 5.32 Å². The Balaban J connectivity index is 2.05. The fraction of sp³-hybridized carbons (Fsp3) is 0.308. The van der Waals surface area contributed by atoms with Crippen molar-refractivity contribution >= 4 is 21.2 Å². The molecule has 20 heavy (non-hydrogen) atoms. The summed E-state index contributed by atoms with van der Waals surface area (Å²) in [5.74, 6) is 0. The van der Waals surface area contributed by atoms with Crippen LogP contribution in [0.4, 0.5) is 11.4 Å². The van der Waals surface area contributed by atoms with E-state index in [1.807, 2.05) is 6.20 Å². The van der Waals surface area contributed by atoms with Crippen LogP contribution in [0.2, 0.25) is 0 Å². The summed E-state index contributed by atoms with van der Waals surface area (Å²) in [6.45, 7) is 1.29.